The highest BCUT2D eigenvalue weighted by Crippen LogP contribution is 2.44. The van der Waals surface area contributed by atoms with Crippen LogP contribution in [0.4, 0.5) is 4.79 Å². The lowest BCUT2D eigenvalue weighted by Gasteiger charge is -2.25. The lowest BCUT2D eigenvalue weighted by atomic mass is 9.98. The van der Waals surface area contributed by atoms with Gasteiger partial charge >= 0.3 is 6.09 Å². The van der Waals surface area contributed by atoms with Crippen LogP contribution in [0.2, 0.25) is 0 Å². The molecule has 164 valence electrons. The van der Waals surface area contributed by atoms with E-state index in [-0.39, 0.29) is 30.1 Å². The summed E-state index contributed by atoms with van der Waals surface area (Å²) in [5.74, 6) is -0.215. The molecule has 31 heavy (non-hydrogen) atoms. The Morgan fingerprint density at radius 3 is 2.16 bits per heavy atom. The van der Waals surface area contributed by atoms with Crippen molar-refractivity contribution in [3.8, 4) is 11.1 Å². The second-order valence-electron chi connectivity index (χ2n) is 9.17. The Kier molecular flexibility index (Phi) is 5.75. The number of rotatable bonds is 4. The van der Waals surface area contributed by atoms with Gasteiger partial charge in [-0.15, -0.1) is 0 Å². The third-order valence-electron chi connectivity index (χ3n) is 5.90. The monoisotopic (exact) mass is 422 g/mol. The Hall–Kier alpha value is -2.86. The zero-order valence-electron chi connectivity index (χ0n) is 18.6. The van der Waals surface area contributed by atoms with E-state index in [0.717, 1.165) is 11.1 Å². The minimum Gasteiger partial charge on any atom is -0.448 e. The standard InChI is InChI=1S/C25H30N2O4/c1-25(2,3)31-16-13-22(23(28)26-4)27(14-16)24(29)30-15-21-19-11-7-5-9-17(19)18-10-6-8-12-20(18)21/h5-12,16,21-22H,13-15H2,1-4H3,(H,26,28)/t16-,22?/m0/s1. The summed E-state index contributed by atoms with van der Waals surface area (Å²) < 4.78 is 11.8. The van der Waals surface area contributed by atoms with Crippen LogP contribution in [0.5, 0.6) is 0 Å². The van der Waals surface area contributed by atoms with E-state index in [4.69, 9.17) is 9.47 Å². The molecule has 2 aromatic rings. The van der Waals surface area contributed by atoms with Crippen LogP contribution in [0.15, 0.2) is 48.5 Å². The zero-order chi connectivity index (χ0) is 22.2. The summed E-state index contributed by atoms with van der Waals surface area (Å²) in [5, 5.41) is 2.65. The Balaban J connectivity index is 1.49. The third kappa shape index (κ3) is 4.30. The van der Waals surface area contributed by atoms with Gasteiger partial charge in [0, 0.05) is 19.4 Å². The van der Waals surface area contributed by atoms with Crippen LogP contribution in [0.3, 0.4) is 0 Å². The molecule has 0 aromatic heterocycles. The smallest absolute Gasteiger partial charge is 0.410 e. The topological polar surface area (TPSA) is 67.9 Å². The number of hydrogen-bond donors (Lipinski definition) is 1. The van der Waals surface area contributed by atoms with Crippen molar-refractivity contribution in [1.82, 2.24) is 10.2 Å². The number of carbonyl (C=O) groups excluding carboxylic acids is 2. The fourth-order valence-electron chi connectivity index (χ4n) is 4.68. The number of hydrogen-bond acceptors (Lipinski definition) is 4. The van der Waals surface area contributed by atoms with Gasteiger partial charge in [-0.3, -0.25) is 9.69 Å². The average molecular weight is 423 g/mol. The average Bonchev–Trinajstić information content (AvgIpc) is 3.29. The van der Waals surface area contributed by atoms with Gasteiger partial charge in [-0.1, -0.05) is 48.5 Å². The number of likely N-dealkylation sites (tertiary alicyclic amines) is 1. The molecule has 2 atom stereocenters. The van der Waals surface area contributed by atoms with Gasteiger partial charge in [0.2, 0.25) is 5.91 Å². The molecule has 0 bridgehead atoms. The Bertz CT molecular complexity index is 936. The molecule has 1 heterocycles. The van der Waals surface area contributed by atoms with E-state index in [1.807, 2.05) is 45.0 Å². The Morgan fingerprint density at radius 1 is 1.03 bits per heavy atom. The predicted octanol–water partition coefficient (Wildman–Crippen LogP) is 3.94. The van der Waals surface area contributed by atoms with Crippen LogP contribution < -0.4 is 5.32 Å². The highest BCUT2D eigenvalue weighted by molar-refractivity contribution is 5.86. The molecule has 2 aromatic carbocycles. The van der Waals surface area contributed by atoms with Crippen molar-refractivity contribution in [2.75, 3.05) is 20.2 Å². The molecule has 1 unspecified atom stereocenters. The van der Waals surface area contributed by atoms with Crippen LogP contribution >= 0.6 is 0 Å². The normalized spacial score (nSPS) is 20.3. The van der Waals surface area contributed by atoms with Gasteiger partial charge in [0.1, 0.15) is 12.6 Å². The molecular weight excluding hydrogens is 392 g/mol. The van der Waals surface area contributed by atoms with Gasteiger partial charge in [0.05, 0.1) is 18.2 Å². The number of likely N-dealkylation sites (N-methyl/N-ethyl adjacent to an activating group) is 1. The number of ether oxygens (including phenoxy) is 2. The van der Waals surface area contributed by atoms with Gasteiger partial charge in [0.25, 0.3) is 0 Å². The van der Waals surface area contributed by atoms with Crippen molar-refractivity contribution in [1.29, 1.82) is 0 Å². The maximum Gasteiger partial charge on any atom is 0.410 e. The Labute approximate surface area is 183 Å². The molecule has 6 nitrogen and oxygen atoms in total. The molecule has 1 fully saturated rings. The SMILES string of the molecule is CNC(=O)C1C[C@H](OC(C)(C)C)CN1C(=O)OCC1c2ccccc2-c2ccccc21. The molecule has 0 radical (unpaired) electrons. The van der Waals surface area contributed by atoms with Crippen molar-refractivity contribution >= 4 is 12.0 Å². The summed E-state index contributed by atoms with van der Waals surface area (Å²) in [6.07, 6.45) is -0.223. The summed E-state index contributed by atoms with van der Waals surface area (Å²) in [6.45, 7) is 6.48. The number of amides is 2. The van der Waals surface area contributed by atoms with Crippen molar-refractivity contribution in [3.05, 3.63) is 59.7 Å². The van der Waals surface area contributed by atoms with Crippen LogP contribution in [0.25, 0.3) is 11.1 Å². The zero-order valence-corrected chi connectivity index (χ0v) is 18.6. The number of fused-ring (bicyclic) bond motifs is 3. The second-order valence-corrected chi connectivity index (χ2v) is 9.17. The molecule has 6 heteroatoms. The summed E-state index contributed by atoms with van der Waals surface area (Å²) in [5.41, 5.74) is 4.34. The number of nitrogens with one attached hydrogen (secondary N) is 1. The predicted molar refractivity (Wildman–Crippen MR) is 119 cm³/mol. The number of nitrogens with zero attached hydrogens (tertiary/aromatic N) is 1. The lowest BCUT2D eigenvalue weighted by Crippen LogP contribution is -2.45. The van der Waals surface area contributed by atoms with E-state index in [1.165, 1.54) is 16.0 Å². The highest BCUT2D eigenvalue weighted by atomic mass is 16.6. The van der Waals surface area contributed by atoms with E-state index in [2.05, 4.69) is 29.6 Å². The lowest BCUT2D eigenvalue weighted by molar-refractivity contribution is -0.124. The molecule has 4 rings (SSSR count). The van der Waals surface area contributed by atoms with Crippen molar-refractivity contribution in [3.63, 3.8) is 0 Å². The van der Waals surface area contributed by atoms with Gasteiger partial charge in [-0.2, -0.15) is 0 Å². The third-order valence-corrected chi connectivity index (χ3v) is 5.90. The molecular formula is C25H30N2O4. The molecule has 2 aliphatic rings. The molecule has 0 spiro atoms. The number of carbonyl (C=O) groups is 2. The maximum absolute atomic E-state index is 13.0. The molecule has 1 saturated heterocycles. The van der Waals surface area contributed by atoms with Crippen LogP contribution in [0, 0.1) is 0 Å². The highest BCUT2D eigenvalue weighted by Gasteiger charge is 2.42. The first kappa shape index (κ1) is 21.4. The first-order valence-electron chi connectivity index (χ1n) is 10.8. The van der Waals surface area contributed by atoms with E-state index < -0.39 is 12.1 Å². The van der Waals surface area contributed by atoms with Gasteiger partial charge in [0.15, 0.2) is 0 Å². The largest absolute Gasteiger partial charge is 0.448 e. The van der Waals surface area contributed by atoms with E-state index in [9.17, 15) is 9.59 Å². The summed E-state index contributed by atoms with van der Waals surface area (Å²) >= 11 is 0. The summed E-state index contributed by atoms with van der Waals surface area (Å²) in [7, 11) is 1.58. The molecule has 1 aliphatic heterocycles. The Morgan fingerprint density at radius 2 is 1.61 bits per heavy atom. The summed E-state index contributed by atoms with van der Waals surface area (Å²) in [6, 6.07) is 15.9. The van der Waals surface area contributed by atoms with Crippen molar-refractivity contribution < 1.29 is 19.1 Å². The first-order chi connectivity index (χ1) is 14.8. The second kappa shape index (κ2) is 8.35. The molecule has 2 amide bonds. The van der Waals surface area contributed by atoms with E-state index >= 15 is 0 Å². The fourth-order valence-corrected chi connectivity index (χ4v) is 4.68. The number of benzene rings is 2. The van der Waals surface area contributed by atoms with Gasteiger partial charge in [-0.25, -0.2) is 4.79 Å². The van der Waals surface area contributed by atoms with Crippen molar-refractivity contribution in [2.45, 2.75) is 50.9 Å². The maximum atomic E-state index is 13.0. The van der Waals surface area contributed by atoms with E-state index in [0.29, 0.717) is 13.0 Å². The molecule has 0 saturated carbocycles. The minimum absolute atomic E-state index is 0.0148. The molecule has 1 N–H and O–H groups in total. The van der Waals surface area contributed by atoms with E-state index in [1.54, 1.807) is 7.05 Å². The fraction of sp³-hybridized carbons (Fsp3) is 0.440. The molecule has 1 aliphatic carbocycles. The first-order valence-corrected chi connectivity index (χ1v) is 10.8. The quantitative estimate of drug-likeness (QED) is 0.810. The van der Waals surface area contributed by atoms with Gasteiger partial charge < -0.3 is 14.8 Å². The van der Waals surface area contributed by atoms with Crippen LogP contribution in [0.1, 0.15) is 44.2 Å². The van der Waals surface area contributed by atoms with Crippen LogP contribution in [-0.4, -0.2) is 54.8 Å². The van der Waals surface area contributed by atoms with Crippen molar-refractivity contribution in [2.24, 2.45) is 0 Å². The van der Waals surface area contributed by atoms with Crippen LogP contribution in [-0.2, 0) is 14.3 Å². The minimum atomic E-state index is -0.590. The summed E-state index contributed by atoms with van der Waals surface area (Å²) in [4.78, 5) is 26.9. The van der Waals surface area contributed by atoms with Gasteiger partial charge in [-0.05, 0) is 43.0 Å².